The van der Waals surface area contributed by atoms with Crippen LogP contribution in [-0.2, 0) is 24.5 Å². The zero-order valence-electron chi connectivity index (χ0n) is 12.5. The molecule has 0 fully saturated rings. The molecule has 2 aromatic rings. The van der Waals surface area contributed by atoms with Crippen LogP contribution in [0.3, 0.4) is 0 Å². The zero-order valence-corrected chi connectivity index (χ0v) is 13.3. The van der Waals surface area contributed by atoms with Gasteiger partial charge in [-0.05, 0) is 31.5 Å². The predicted molar refractivity (Wildman–Crippen MR) is 84.2 cm³/mol. The number of carbonyl (C=O) groups is 1. The summed E-state index contributed by atoms with van der Waals surface area (Å²) in [6.45, 7) is 3.28. The Hall–Kier alpha value is -1.98. The minimum atomic E-state index is -3.89. The van der Waals surface area contributed by atoms with Gasteiger partial charge < -0.3 is 4.79 Å². The lowest BCUT2D eigenvalue weighted by Gasteiger charge is -2.23. The average molecular weight is 318 g/mol. The summed E-state index contributed by atoms with van der Waals surface area (Å²) in [5.41, 5.74) is 0.657. The first-order chi connectivity index (χ1) is 10.4. The van der Waals surface area contributed by atoms with Gasteiger partial charge in [-0.15, -0.1) is 0 Å². The second-order valence-corrected chi connectivity index (χ2v) is 7.05. The minimum absolute atomic E-state index is 0.0828. The van der Waals surface area contributed by atoms with Gasteiger partial charge in [0, 0.05) is 0 Å². The third-order valence-electron chi connectivity index (χ3n) is 3.52. The van der Waals surface area contributed by atoms with Crippen LogP contribution in [0.5, 0.6) is 0 Å². The summed E-state index contributed by atoms with van der Waals surface area (Å²) in [4.78, 5) is 11.5. The maximum absolute atomic E-state index is 12.2. The number of hydrogen-bond donors (Lipinski definition) is 0. The van der Waals surface area contributed by atoms with Crippen LogP contribution in [0.15, 0.2) is 59.5 Å². The highest BCUT2D eigenvalue weighted by Crippen LogP contribution is 2.24. The van der Waals surface area contributed by atoms with E-state index in [4.69, 9.17) is 4.18 Å². The van der Waals surface area contributed by atoms with Crippen LogP contribution in [0.1, 0.15) is 18.1 Å². The van der Waals surface area contributed by atoms with Crippen molar-refractivity contribution in [2.75, 3.05) is 6.61 Å². The summed E-state index contributed by atoms with van der Waals surface area (Å²) in [5.74, 6) is 0. The fourth-order valence-electron chi connectivity index (χ4n) is 1.98. The van der Waals surface area contributed by atoms with E-state index < -0.39 is 15.5 Å². The molecule has 0 N–H and O–H groups in total. The van der Waals surface area contributed by atoms with Crippen molar-refractivity contribution >= 4 is 16.4 Å². The fourth-order valence-corrected chi connectivity index (χ4v) is 2.98. The smallest absolute Gasteiger partial charge is 0.297 e. The van der Waals surface area contributed by atoms with E-state index >= 15 is 0 Å². The molecule has 0 heterocycles. The maximum atomic E-state index is 12.2. The van der Waals surface area contributed by atoms with E-state index in [0.717, 1.165) is 5.56 Å². The second-order valence-electron chi connectivity index (χ2n) is 5.43. The van der Waals surface area contributed by atoms with Crippen LogP contribution in [0, 0.1) is 6.92 Å². The number of benzene rings is 2. The topological polar surface area (TPSA) is 60.4 Å². The Kier molecular flexibility index (Phi) is 4.78. The number of rotatable bonds is 6. The predicted octanol–water partition coefficient (Wildman–Crippen LogP) is 2.86. The lowest BCUT2D eigenvalue weighted by Crippen LogP contribution is -2.31. The normalized spacial score (nSPS) is 14.3. The van der Waals surface area contributed by atoms with Gasteiger partial charge in [-0.2, -0.15) is 8.42 Å². The Bertz CT molecular complexity index is 736. The molecule has 0 amide bonds. The zero-order chi connectivity index (χ0) is 16.2. The molecule has 0 bridgehead atoms. The molecule has 0 aliphatic heterocycles. The van der Waals surface area contributed by atoms with Crippen molar-refractivity contribution in [2.45, 2.75) is 24.2 Å². The largest absolute Gasteiger partial charge is 0.302 e. The molecule has 4 nitrogen and oxygen atoms in total. The van der Waals surface area contributed by atoms with Crippen LogP contribution < -0.4 is 0 Å². The van der Waals surface area contributed by atoms with E-state index in [0.29, 0.717) is 11.8 Å². The van der Waals surface area contributed by atoms with Gasteiger partial charge in [-0.25, -0.2) is 0 Å². The van der Waals surface area contributed by atoms with Crippen LogP contribution in [-0.4, -0.2) is 21.3 Å². The Morgan fingerprint density at radius 1 is 1.05 bits per heavy atom. The van der Waals surface area contributed by atoms with Crippen LogP contribution in [0.25, 0.3) is 0 Å². The lowest BCUT2D eigenvalue weighted by atomic mass is 9.85. The SMILES string of the molecule is Cc1ccc(S(=O)(=O)OCC(C)(C=O)c2ccccc2)cc1. The molecule has 1 atom stereocenters. The van der Waals surface area contributed by atoms with Crippen molar-refractivity contribution in [1.82, 2.24) is 0 Å². The average Bonchev–Trinajstić information content (AvgIpc) is 2.54. The fraction of sp³-hybridized carbons (Fsp3) is 0.235. The highest BCUT2D eigenvalue weighted by molar-refractivity contribution is 7.86. The first-order valence-electron chi connectivity index (χ1n) is 6.85. The molecule has 5 heteroatoms. The Balaban J connectivity index is 2.20. The summed E-state index contributed by atoms with van der Waals surface area (Å²) in [6.07, 6.45) is 0.715. The molecule has 0 saturated heterocycles. The molecule has 2 rings (SSSR count). The van der Waals surface area contributed by atoms with Crippen LogP contribution in [0.2, 0.25) is 0 Å². The van der Waals surface area contributed by atoms with E-state index in [9.17, 15) is 13.2 Å². The maximum Gasteiger partial charge on any atom is 0.297 e. The highest BCUT2D eigenvalue weighted by Gasteiger charge is 2.29. The number of hydrogen-bond acceptors (Lipinski definition) is 4. The molecule has 0 aliphatic carbocycles. The number of aldehydes is 1. The van der Waals surface area contributed by atoms with Gasteiger partial charge in [0.25, 0.3) is 10.1 Å². The molecule has 0 spiro atoms. The van der Waals surface area contributed by atoms with Crippen LogP contribution in [0.4, 0.5) is 0 Å². The van der Waals surface area contributed by atoms with Crippen molar-refractivity contribution in [2.24, 2.45) is 0 Å². The molecule has 22 heavy (non-hydrogen) atoms. The first-order valence-corrected chi connectivity index (χ1v) is 8.26. The lowest BCUT2D eigenvalue weighted by molar-refractivity contribution is -0.113. The Morgan fingerprint density at radius 3 is 2.18 bits per heavy atom. The van der Waals surface area contributed by atoms with Crippen molar-refractivity contribution in [3.05, 3.63) is 65.7 Å². The molecule has 2 aromatic carbocycles. The minimum Gasteiger partial charge on any atom is -0.302 e. The third-order valence-corrected chi connectivity index (χ3v) is 4.79. The van der Waals surface area contributed by atoms with Gasteiger partial charge >= 0.3 is 0 Å². The van der Waals surface area contributed by atoms with E-state index in [2.05, 4.69) is 0 Å². The molecule has 0 aliphatic rings. The van der Waals surface area contributed by atoms with Crippen molar-refractivity contribution in [1.29, 1.82) is 0 Å². The summed E-state index contributed by atoms with van der Waals surface area (Å²) >= 11 is 0. The van der Waals surface area contributed by atoms with Gasteiger partial charge in [-0.1, -0.05) is 48.0 Å². The molecule has 0 saturated carbocycles. The quantitative estimate of drug-likeness (QED) is 0.607. The number of aryl methyl sites for hydroxylation is 1. The van der Waals surface area contributed by atoms with E-state index in [1.54, 1.807) is 43.3 Å². The summed E-state index contributed by atoms with van der Waals surface area (Å²) in [6, 6.07) is 15.4. The van der Waals surface area contributed by atoms with Crippen molar-refractivity contribution in [3.63, 3.8) is 0 Å². The monoisotopic (exact) mass is 318 g/mol. The van der Waals surface area contributed by atoms with Gasteiger partial charge in [0.05, 0.1) is 16.9 Å². The van der Waals surface area contributed by atoms with Gasteiger partial charge in [0.2, 0.25) is 0 Å². The van der Waals surface area contributed by atoms with Gasteiger partial charge in [-0.3, -0.25) is 4.18 Å². The molecule has 0 radical (unpaired) electrons. The Labute approximate surface area is 130 Å². The summed E-state index contributed by atoms with van der Waals surface area (Å²) < 4.78 is 29.5. The van der Waals surface area contributed by atoms with Gasteiger partial charge in [0.1, 0.15) is 6.29 Å². The van der Waals surface area contributed by atoms with Crippen molar-refractivity contribution < 1.29 is 17.4 Å². The second kappa shape index (κ2) is 6.42. The van der Waals surface area contributed by atoms with Gasteiger partial charge in [0.15, 0.2) is 0 Å². The van der Waals surface area contributed by atoms with E-state index in [1.807, 2.05) is 13.0 Å². The Morgan fingerprint density at radius 2 is 1.64 bits per heavy atom. The van der Waals surface area contributed by atoms with E-state index in [-0.39, 0.29) is 11.5 Å². The molecular formula is C17H18O4S. The highest BCUT2D eigenvalue weighted by atomic mass is 32.2. The van der Waals surface area contributed by atoms with E-state index in [1.165, 1.54) is 12.1 Å². The molecule has 116 valence electrons. The standard InChI is InChI=1S/C17H18O4S/c1-14-8-10-16(11-9-14)22(19,20)21-13-17(2,12-18)15-6-4-3-5-7-15/h3-12H,13H2,1-2H3. The summed E-state index contributed by atoms with van der Waals surface area (Å²) in [5, 5.41) is 0. The van der Waals surface area contributed by atoms with Crippen molar-refractivity contribution in [3.8, 4) is 0 Å². The van der Waals surface area contributed by atoms with Crippen LogP contribution >= 0.6 is 0 Å². The first kappa shape index (κ1) is 16.4. The summed E-state index contributed by atoms with van der Waals surface area (Å²) in [7, 11) is -3.89. The third kappa shape index (κ3) is 3.61. The molecule has 0 aromatic heterocycles. The molecule has 1 unspecified atom stereocenters. The molecular weight excluding hydrogens is 300 g/mol. The number of carbonyl (C=O) groups excluding carboxylic acids is 1.